The van der Waals surface area contributed by atoms with Gasteiger partial charge in [0.25, 0.3) is 0 Å². The number of H-pyrrole nitrogens is 1. The molecule has 0 amide bonds. The second kappa shape index (κ2) is 3.82. The van der Waals surface area contributed by atoms with Crippen LogP contribution < -0.4 is 0 Å². The van der Waals surface area contributed by atoms with Crippen molar-refractivity contribution in [3.63, 3.8) is 0 Å². The van der Waals surface area contributed by atoms with E-state index in [4.69, 9.17) is 5.26 Å². The molecule has 0 fully saturated rings. The fraction of sp³-hybridized carbons (Fsp3) is 0.231. The zero-order chi connectivity index (χ0) is 11.7. The zero-order valence-electron chi connectivity index (χ0n) is 9.29. The van der Waals surface area contributed by atoms with Gasteiger partial charge in [0, 0.05) is 10.9 Å². The number of carbonyl (C=O) groups is 1. The number of benzene rings is 1. The summed E-state index contributed by atoms with van der Waals surface area (Å²) >= 11 is 0. The molecule has 0 aliphatic carbocycles. The third-order valence-corrected chi connectivity index (χ3v) is 2.63. The number of ketones is 1. The quantitative estimate of drug-likeness (QED) is 0.778. The molecular formula is C13H12N2O. The van der Waals surface area contributed by atoms with Crippen molar-refractivity contribution in [1.29, 1.82) is 5.26 Å². The Balaban J connectivity index is 2.57. The van der Waals surface area contributed by atoms with Gasteiger partial charge in [-0.15, -0.1) is 0 Å². The van der Waals surface area contributed by atoms with Crippen LogP contribution in [0.4, 0.5) is 0 Å². The monoisotopic (exact) mass is 212 g/mol. The van der Waals surface area contributed by atoms with Crippen molar-refractivity contribution in [2.24, 2.45) is 0 Å². The minimum atomic E-state index is -0.157. The van der Waals surface area contributed by atoms with E-state index in [1.54, 1.807) is 0 Å². The molecule has 2 aromatic rings. The first-order valence-electron chi connectivity index (χ1n) is 5.12. The molecule has 0 spiro atoms. The van der Waals surface area contributed by atoms with Crippen molar-refractivity contribution in [2.45, 2.75) is 20.3 Å². The van der Waals surface area contributed by atoms with Crippen LogP contribution in [0.3, 0.4) is 0 Å². The van der Waals surface area contributed by atoms with Crippen LogP contribution in [0.5, 0.6) is 0 Å². The Bertz CT molecular complexity index is 602. The molecule has 0 saturated heterocycles. The van der Waals surface area contributed by atoms with Gasteiger partial charge in [-0.2, -0.15) is 5.26 Å². The summed E-state index contributed by atoms with van der Waals surface area (Å²) in [7, 11) is 0. The second-order valence-corrected chi connectivity index (χ2v) is 3.98. The number of fused-ring (bicyclic) bond motifs is 1. The smallest absolute Gasteiger partial charge is 0.193 e. The van der Waals surface area contributed by atoms with E-state index in [2.05, 4.69) is 11.1 Å². The van der Waals surface area contributed by atoms with E-state index in [1.165, 1.54) is 0 Å². The lowest BCUT2D eigenvalue weighted by atomic mass is 10.1. The number of nitrogens with zero attached hydrogens (tertiary/aromatic N) is 1. The van der Waals surface area contributed by atoms with Crippen molar-refractivity contribution in [3.8, 4) is 6.07 Å². The van der Waals surface area contributed by atoms with E-state index < -0.39 is 0 Å². The van der Waals surface area contributed by atoms with Crippen LogP contribution in [0.25, 0.3) is 10.9 Å². The van der Waals surface area contributed by atoms with Crippen LogP contribution >= 0.6 is 0 Å². The first kappa shape index (κ1) is 10.4. The van der Waals surface area contributed by atoms with E-state index in [-0.39, 0.29) is 12.2 Å². The molecule has 0 saturated carbocycles. The Morgan fingerprint density at radius 2 is 2.12 bits per heavy atom. The van der Waals surface area contributed by atoms with Crippen molar-refractivity contribution in [2.75, 3.05) is 0 Å². The molecule has 0 unspecified atom stereocenters. The second-order valence-electron chi connectivity index (χ2n) is 3.98. The molecule has 0 bridgehead atoms. The maximum atomic E-state index is 11.6. The molecule has 1 aromatic heterocycles. The van der Waals surface area contributed by atoms with Gasteiger partial charge in [-0.05, 0) is 37.1 Å². The molecule has 80 valence electrons. The Morgan fingerprint density at radius 3 is 2.81 bits per heavy atom. The van der Waals surface area contributed by atoms with Crippen LogP contribution in [0.2, 0.25) is 0 Å². The third-order valence-electron chi connectivity index (χ3n) is 2.63. The number of rotatable bonds is 2. The molecule has 16 heavy (non-hydrogen) atoms. The normalized spacial score (nSPS) is 10.3. The van der Waals surface area contributed by atoms with E-state index in [0.717, 1.165) is 22.0 Å². The molecule has 0 aliphatic rings. The highest BCUT2D eigenvalue weighted by Crippen LogP contribution is 2.21. The minimum Gasteiger partial charge on any atom is -0.352 e. The summed E-state index contributed by atoms with van der Waals surface area (Å²) in [5.41, 5.74) is 3.78. The molecule has 1 heterocycles. The number of hydrogen-bond acceptors (Lipinski definition) is 2. The predicted octanol–water partition coefficient (Wildman–Crippen LogP) is 2.88. The molecule has 0 radical (unpaired) electrons. The zero-order valence-corrected chi connectivity index (χ0v) is 9.29. The van der Waals surface area contributed by atoms with Crippen molar-refractivity contribution < 1.29 is 4.79 Å². The molecule has 2 rings (SSSR count). The lowest BCUT2D eigenvalue weighted by Gasteiger charge is -1.97. The van der Waals surface area contributed by atoms with Gasteiger partial charge in [0.05, 0.1) is 11.8 Å². The lowest BCUT2D eigenvalue weighted by molar-refractivity contribution is 0.0994. The lowest BCUT2D eigenvalue weighted by Crippen LogP contribution is -1.96. The molecule has 0 aliphatic heterocycles. The molecular weight excluding hydrogens is 200 g/mol. The van der Waals surface area contributed by atoms with Crippen molar-refractivity contribution in [3.05, 3.63) is 35.0 Å². The Hall–Kier alpha value is -2.08. The van der Waals surface area contributed by atoms with Crippen molar-refractivity contribution >= 4 is 16.7 Å². The molecule has 1 N–H and O–H groups in total. The number of aromatic amines is 1. The average Bonchev–Trinajstić information content (AvgIpc) is 2.62. The van der Waals surface area contributed by atoms with Gasteiger partial charge in [-0.1, -0.05) is 6.07 Å². The van der Waals surface area contributed by atoms with Crippen LogP contribution in [-0.2, 0) is 0 Å². The highest BCUT2D eigenvalue weighted by Gasteiger charge is 2.10. The first-order chi connectivity index (χ1) is 7.61. The Kier molecular flexibility index (Phi) is 2.49. The standard InChI is InChI=1S/C13H12N2O/c1-8-5-9(2)10-7-12(13(16)3-4-14)15-11(10)6-8/h5-7,15H,3H2,1-2H3. The van der Waals surface area contributed by atoms with Gasteiger partial charge in [-0.25, -0.2) is 0 Å². The fourth-order valence-electron chi connectivity index (χ4n) is 1.92. The molecule has 3 heteroatoms. The number of aromatic nitrogens is 1. The summed E-state index contributed by atoms with van der Waals surface area (Å²) in [4.78, 5) is 14.6. The van der Waals surface area contributed by atoms with Crippen LogP contribution in [-0.4, -0.2) is 10.8 Å². The number of aryl methyl sites for hydroxylation is 2. The number of hydrogen-bond donors (Lipinski definition) is 1. The summed E-state index contributed by atoms with van der Waals surface area (Å²) in [6, 6.07) is 7.77. The average molecular weight is 212 g/mol. The number of carbonyl (C=O) groups excluding carboxylic acids is 1. The summed E-state index contributed by atoms with van der Waals surface area (Å²) < 4.78 is 0. The van der Waals surface area contributed by atoms with Gasteiger partial charge >= 0.3 is 0 Å². The molecule has 0 atom stereocenters. The minimum absolute atomic E-state index is 0.0785. The summed E-state index contributed by atoms with van der Waals surface area (Å²) in [5, 5.41) is 9.53. The van der Waals surface area contributed by atoms with Gasteiger partial charge in [0.2, 0.25) is 0 Å². The van der Waals surface area contributed by atoms with E-state index in [0.29, 0.717) is 5.69 Å². The maximum absolute atomic E-state index is 11.6. The van der Waals surface area contributed by atoms with Gasteiger partial charge < -0.3 is 4.98 Å². The maximum Gasteiger partial charge on any atom is 0.193 e. The molecule has 3 nitrogen and oxygen atoms in total. The number of nitriles is 1. The van der Waals surface area contributed by atoms with Gasteiger partial charge in [-0.3, -0.25) is 4.79 Å². The summed E-state index contributed by atoms with van der Waals surface area (Å²) in [6.45, 7) is 4.03. The summed E-state index contributed by atoms with van der Waals surface area (Å²) in [5.74, 6) is -0.157. The first-order valence-corrected chi connectivity index (χ1v) is 5.12. The highest BCUT2D eigenvalue weighted by molar-refractivity contribution is 6.01. The van der Waals surface area contributed by atoms with Crippen LogP contribution in [0.1, 0.15) is 28.0 Å². The van der Waals surface area contributed by atoms with Crippen LogP contribution in [0.15, 0.2) is 18.2 Å². The number of Topliss-reactive ketones (excluding diaryl/α,β-unsaturated/α-hetero) is 1. The topological polar surface area (TPSA) is 56.6 Å². The van der Waals surface area contributed by atoms with E-state index >= 15 is 0 Å². The Morgan fingerprint density at radius 1 is 1.38 bits per heavy atom. The van der Waals surface area contributed by atoms with Crippen molar-refractivity contribution in [1.82, 2.24) is 4.98 Å². The van der Waals surface area contributed by atoms with Gasteiger partial charge in [0.15, 0.2) is 5.78 Å². The van der Waals surface area contributed by atoms with Gasteiger partial charge in [0.1, 0.15) is 6.42 Å². The molecule has 1 aromatic carbocycles. The largest absolute Gasteiger partial charge is 0.352 e. The highest BCUT2D eigenvalue weighted by atomic mass is 16.1. The van der Waals surface area contributed by atoms with E-state index in [1.807, 2.05) is 32.0 Å². The van der Waals surface area contributed by atoms with Crippen LogP contribution in [0, 0.1) is 25.2 Å². The van der Waals surface area contributed by atoms with E-state index in [9.17, 15) is 4.79 Å². The number of nitrogens with one attached hydrogen (secondary N) is 1. The summed E-state index contributed by atoms with van der Waals surface area (Å²) in [6.07, 6.45) is -0.0785. The SMILES string of the molecule is Cc1cc(C)c2cc(C(=O)CC#N)[nH]c2c1. The predicted molar refractivity (Wildman–Crippen MR) is 62.3 cm³/mol. The Labute approximate surface area is 93.7 Å². The fourth-order valence-corrected chi connectivity index (χ4v) is 1.92. The third kappa shape index (κ3) is 1.70.